The second kappa shape index (κ2) is 8.10. The highest BCUT2D eigenvalue weighted by molar-refractivity contribution is 9.10. The lowest BCUT2D eigenvalue weighted by atomic mass is 10.2. The summed E-state index contributed by atoms with van der Waals surface area (Å²) in [4.78, 5) is -0.375. The van der Waals surface area contributed by atoms with Gasteiger partial charge in [0.1, 0.15) is 16.5 Å². The van der Waals surface area contributed by atoms with Crippen molar-refractivity contribution in [2.75, 3.05) is 11.4 Å². The Labute approximate surface area is 166 Å². The fourth-order valence-corrected chi connectivity index (χ4v) is 4.60. The molecule has 0 amide bonds. The van der Waals surface area contributed by atoms with Crippen molar-refractivity contribution in [3.63, 3.8) is 0 Å². The van der Waals surface area contributed by atoms with Gasteiger partial charge < -0.3 is 4.74 Å². The molecule has 0 aliphatic carbocycles. The number of methoxy groups -OCH3 is 1. The second-order valence-corrected chi connectivity index (χ2v) is 8.48. The summed E-state index contributed by atoms with van der Waals surface area (Å²) in [5.41, 5.74) is 1.08. The fraction of sp³-hybridized carbons (Fsp3) is 0.100. The standard InChI is InChI=1S/C20H17BrFNO3S/c1-26-19-11-4-2-7-15(19)14-23(17-9-6-8-16(21)13-17)27(24,25)20-12-5-3-10-18(20)22/h2-13H,14H2,1H3. The second-order valence-electron chi connectivity index (χ2n) is 5.73. The zero-order valence-corrected chi connectivity index (χ0v) is 16.9. The van der Waals surface area contributed by atoms with E-state index in [2.05, 4.69) is 15.9 Å². The molecule has 0 radical (unpaired) electrons. The molecule has 7 heteroatoms. The van der Waals surface area contributed by atoms with Crippen molar-refractivity contribution in [1.29, 1.82) is 0 Å². The predicted octanol–water partition coefficient (Wildman–Crippen LogP) is 4.99. The Kier molecular flexibility index (Phi) is 5.82. The molecule has 3 aromatic carbocycles. The van der Waals surface area contributed by atoms with Gasteiger partial charge in [-0.2, -0.15) is 0 Å². The SMILES string of the molecule is COc1ccccc1CN(c1cccc(Br)c1)S(=O)(=O)c1ccccc1F. The average molecular weight is 450 g/mol. The molecule has 0 heterocycles. The molecule has 0 saturated heterocycles. The first-order valence-corrected chi connectivity index (χ1v) is 10.3. The van der Waals surface area contributed by atoms with Gasteiger partial charge in [-0.1, -0.05) is 52.3 Å². The van der Waals surface area contributed by atoms with Crippen molar-refractivity contribution in [2.45, 2.75) is 11.4 Å². The van der Waals surface area contributed by atoms with Crippen LogP contribution in [-0.2, 0) is 16.6 Å². The minimum absolute atomic E-state index is 0.00284. The first kappa shape index (κ1) is 19.4. The molecule has 0 spiro atoms. The summed E-state index contributed by atoms with van der Waals surface area (Å²) in [6, 6.07) is 19.3. The van der Waals surface area contributed by atoms with Crippen LogP contribution < -0.4 is 9.04 Å². The van der Waals surface area contributed by atoms with E-state index >= 15 is 0 Å². The molecule has 0 aromatic heterocycles. The van der Waals surface area contributed by atoms with Crippen molar-refractivity contribution < 1.29 is 17.5 Å². The minimum atomic E-state index is -4.14. The third-order valence-corrected chi connectivity index (χ3v) is 6.31. The van der Waals surface area contributed by atoms with Crippen LogP contribution >= 0.6 is 15.9 Å². The zero-order chi connectivity index (χ0) is 19.4. The maximum Gasteiger partial charge on any atom is 0.267 e. The van der Waals surface area contributed by atoms with Crippen molar-refractivity contribution in [1.82, 2.24) is 0 Å². The van der Waals surface area contributed by atoms with Gasteiger partial charge in [0.25, 0.3) is 10.0 Å². The number of para-hydroxylation sites is 1. The lowest BCUT2D eigenvalue weighted by Gasteiger charge is -2.26. The molecule has 0 saturated carbocycles. The molecule has 3 rings (SSSR count). The van der Waals surface area contributed by atoms with Crippen LogP contribution in [0.2, 0.25) is 0 Å². The summed E-state index contributed by atoms with van der Waals surface area (Å²) in [7, 11) is -2.62. The van der Waals surface area contributed by atoms with E-state index in [0.717, 1.165) is 6.07 Å². The molecule has 4 nitrogen and oxygen atoms in total. The summed E-state index contributed by atoms with van der Waals surface area (Å²) in [6.45, 7) is -0.00284. The van der Waals surface area contributed by atoms with Crippen molar-refractivity contribution in [3.05, 3.63) is 88.6 Å². The number of ether oxygens (including phenoxy) is 1. The number of hydrogen-bond donors (Lipinski definition) is 0. The first-order valence-electron chi connectivity index (χ1n) is 8.08. The number of rotatable bonds is 6. The number of sulfonamides is 1. The van der Waals surface area contributed by atoms with Crippen LogP contribution in [0.25, 0.3) is 0 Å². The minimum Gasteiger partial charge on any atom is -0.496 e. The molecule has 0 aliphatic rings. The molecular weight excluding hydrogens is 433 g/mol. The Bertz CT molecular complexity index is 1060. The summed E-state index contributed by atoms with van der Waals surface area (Å²) < 4.78 is 48.1. The molecule has 0 aliphatic heterocycles. The largest absolute Gasteiger partial charge is 0.496 e. The first-order chi connectivity index (χ1) is 12.9. The van der Waals surface area contributed by atoms with Gasteiger partial charge >= 0.3 is 0 Å². The van der Waals surface area contributed by atoms with Crippen molar-refractivity contribution >= 4 is 31.6 Å². The van der Waals surface area contributed by atoms with Crippen molar-refractivity contribution in [3.8, 4) is 5.75 Å². The lowest BCUT2D eigenvalue weighted by Crippen LogP contribution is -2.31. The quantitative estimate of drug-likeness (QED) is 0.532. The Hall–Kier alpha value is -2.38. The van der Waals surface area contributed by atoms with Crippen molar-refractivity contribution in [2.24, 2.45) is 0 Å². The van der Waals surface area contributed by atoms with Gasteiger partial charge in [-0.15, -0.1) is 0 Å². The number of hydrogen-bond acceptors (Lipinski definition) is 3. The molecule has 27 heavy (non-hydrogen) atoms. The van der Waals surface area contributed by atoms with Gasteiger partial charge in [-0.3, -0.25) is 4.31 Å². The number of nitrogens with zero attached hydrogens (tertiary/aromatic N) is 1. The molecule has 0 bridgehead atoms. The van der Waals surface area contributed by atoms with E-state index < -0.39 is 15.8 Å². The van der Waals surface area contributed by atoms with Gasteiger partial charge in [0.2, 0.25) is 0 Å². The fourth-order valence-electron chi connectivity index (χ4n) is 2.71. The third kappa shape index (κ3) is 4.14. The Morgan fingerprint density at radius 3 is 2.41 bits per heavy atom. The van der Waals surface area contributed by atoms with Crippen LogP contribution in [0, 0.1) is 5.82 Å². The number of anilines is 1. The van der Waals surface area contributed by atoms with Crippen LogP contribution in [0.15, 0.2) is 82.2 Å². The normalized spacial score (nSPS) is 11.2. The smallest absolute Gasteiger partial charge is 0.267 e. The van der Waals surface area contributed by atoms with Crippen LogP contribution in [0.5, 0.6) is 5.75 Å². The highest BCUT2D eigenvalue weighted by Gasteiger charge is 2.28. The summed E-state index contributed by atoms with van der Waals surface area (Å²) >= 11 is 3.36. The van der Waals surface area contributed by atoms with E-state index in [1.807, 2.05) is 0 Å². The van der Waals surface area contributed by atoms with Crippen LogP contribution in [-0.4, -0.2) is 15.5 Å². The monoisotopic (exact) mass is 449 g/mol. The molecule has 0 atom stereocenters. The Morgan fingerprint density at radius 2 is 1.70 bits per heavy atom. The summed E-state index contributed by atoms with van der Waals surface area (Å²) in [5.74, 6) is -0.237. The number of halogens is 2. The van der Waals surface area contributed by atoms with Gasteiger partial charge in [0, 0.05) is 10.0 Å². The van der Waals surface area contributed by atoms with Gasteiger partial charge in [0.05, 0.1) is 19.3 Å². The number of benzene rings is 3. The van der Waals surface area contributed by atoms with E-state index in [9.17, 15) is 12.8 Å². The molecule has 0 fully saturated rings. The van der Waals surface area contributed by atoms with Gasteiger partial charge in [0.15, 0.2) is 0 Å². The summed E-state index contributed by atoms with van der Waals surface area (Å²) in [5, 5.41) is 0. The molecule has 3 aromatic rings. The third-order valence-electron chi connectivity index (χ3n) is 4.01. The zero-order valence-electron chi connectivity index (χ0n) is 14.5. The van der Waals surface area contributed by atoms with Crippen LogP contribution in [0.4, 0.5) is 10.1 Å². The van der Waals surface area contributed by atoms with Gasteiger partial charge in [-0.05, 0) is 36.4 Å². The maximum absolute atomic E-state index is 14.3. The molecular formula is C20H17BrFNO3S. The van der Waals surface area contributed by atoms with E-state index in [1.165, 1.54) is 29.6 Å². The van der Waals surface area contributed by atoms with Gasteiger partial charge in [-0.25, -0.2) is 12.8 Å². The predicted molar refractivity (Wildman–Crippen MR) is 107 cm³/mol. The Balaban J connectivity index is 2.15. The Morgan fingerprint density at radius 1 is 1.00 bits per heavy atom. The molecule has 140 valence electrons. The highest BCUT2D eigenvalue weighted by atomic mass is 79.9. The van der Waals surface area contributed by atoms with E-state index in [4.69, 9.17) is 4.74 Å². The van der Waals surface area contributed by atoms with Crippen LogP contribution in [0.3, 0.4) is 0 Å². The molecule has 0 unspecified atom stereocenters. The molecule has 0 N–H and O–H groups in total. The van der Waals surface area contributed by atoms with E-state index in [0.29, 0.717) is 21.5 Å². The lowest BCUT2D eigenvalue weighted by molar-refractivity contribution is 0.410. The summed E-state index contributed by atoms with van der Waals surface area (Å²) in [6.07, 6.45) is 0. The van der Waals surface area contributed by atoms with E-state index in [1.54, 1.807) is 48.5 Å². The average Bonchev–Trinajstić information content (AvgIpc) is 2.66. The van der Waals surface area contributed by atoms with E-state index in [-0.39, 0.29) is 11.4 Å². The topological polar surface area (TPSA) is 46.6 Å². The highest BCUT2D eigenvalue weighted by Crippen LogP contribution is 2.31. The maximum atomic E-state index is 14.3. The van der Waals surface area contributed by atoms with Crippen LogP contribution in [0.1, 0.15) is 5.56 Å².